The van der Waals surface area contributed by atoms with E-state index >= 15 is 0 Å². The summed E-state index contributed by atoms with van der Waals surface area (Å²) in [6, 6.07) is 6.75. The summed E-state index contributed by atoms with van der Waals surface area (Å²) in [4.78, 5) is 51.7. The molecule has 2 N–H and O–H groups in total. The number of carbonyl (C=O) groups excluding carboxylic acids is 4. The lowest BCUT2D eigenvalue weighted by Crippen LogP contribution is -2.52. The van der Waals surface area contributed by atoms with Crippen molar-refractivity contribution in [1.29, 1.82) is 0 Å². The number of aryl methyl sites for hydroxylation is 1. The Bertz CT molecular complexity index is 1060. The van der Waals surface area contributed by atoms with Gasteiger partial charge in [-0.3, -0.25) is 24.5 Å². The summed E-state index contributed by atoms with van der Waals surface area (Å²) in [6.45, 7) is 2.61. The third-order valence-corrected chi connectivity index (χ3v) is 6.74. The quantitative estimate of drug-likeness (QED) is 0.690. The van der Waals surface area contributed by atoms with Crippen molar-refractivity contribution in [2.24, 2.45) is 0 Å². The lowest BCUT2D eigenvalue weighted by Gasteiger charge is -2.29. The maximum Gasteiger partial charge on any atom is 0.256 e. The second-order valence-corrected chi connectivity index (χ2v) is 9.13. The van der Waals surface area contributed by atoms with Crippen molar-refractivity contribution in [1.82, 2.24) is 15.5 Å². The van der Waals surface area contributed by atoms with Crippen molar-refractivity contribution in [2.75, 3.05) is 0 Å². The van der Waals surface area contributed by atoms with Crippen molar-refractivity contribution in [3.05, 3.63) is 55.7 Å². The number of nitrogens with one attached hydrogen (secondary N) is 2. The molecule has 0 saturated carbocycles. The molecule has 1 saturated heterocycles. The van der Waals surface area contributed by atoms with Gasteiger partial charge >= 0.3 is 0 Å². The molecule has 2 aliphatic heterocycles. The summed E-state index contributed by atoms with van der Waals surface area (Å²) >= 11 is 7.63. The summed E-state index contributed by atoms with van der Waals surface area (Å²) in [6.07, 6.45) is 0.762. The van der Waals surface area contributed by atoms with Crippen molar-refractivity contribution in [3.63, 3.8) is 0 Å². The molecular weight excluding hydrogens is 426 g/mol. The van der Waals surface area contributed by atoms with E-state index in [9.17, 15) is 19.2 Å². The van der Waals surface area contributed by atoms with Gasteiger partial charge in [-0.25, -0.2) is 0 Å². The Morgan fingerprint density at radius 3 is 2.80 bits per heavy atom. The normalized spacial score (nSPS) is 18.4. The molecule has 2 aromatic rings. The van der Waals surface area contributed by atoms with Crippen LogP contribution in [0.2, 0.25) is 5.02 Å². The largest absolute Gasteiger partial charge is 0.351 e. The number of carbonyl (C=O) groups is 4. The van der Waals surface area contributed by atoms with E-state index in [0.717, 1.165) is 20.9 Å². The Balaban J connectivity index is 1.35. The van der Waals surface area contributed by atoms with Crippen molar-refractivity contribution in [2.45, 2.75) is 45.3 Å². The molecule has 30 heavy (non-hydrogen) atoms. The first-order valence-corrected chi connectivity index (χ1v) is 10.8. The number of nitrogens with zero attached hydrogens (tertiary/aromatic N) is 1. The highest BCUT2D eigenvalue weighted by Gasteiger charge is 2.40. The van der Waals surface area contributed by atoms with E-state index in [4.69, 9.17) is 11.6 Å². The second-order valence-electron chi connectivity index (χ2n) is 7.50. The molecule has 1 atom stereocenters. The molecule has 4 amide bonds. The topological polar surface area (TPSA) is 95.6 Å². The first kappa shape index (κ1) is 20.6. The van der Waals surface area contributed by atoms with Gasteiger partial charge < -0.3 is 10.2 Å². The molecule has 4 rings (SSSR count). The number of rotatable bonds is 5. The number of halogens is 1. The molecule has 9 heteroatoms. The van der Waals surface area contributed by atoms with Crippen molar-refractivity contribution >= 4 is 46.6 Å². The zero-order valence-electron chi connectivity index (χ0n) is 16.3. The molecule has 1 unspecified atom stereocenters. The van der Waals surface area contributed by atoms with Crippen LogP contribution in [0, 0.1) is 6.92 Å². The number of fused-ring (bicyclic) bond motifs is 1. The minimum absolute atomic E-state index is 0.147. The van der Waals surface area contributed by atoms with Crippen LogP contribution < -0.4 is 10.6 Å². The number of hydrogen-bond acceptors (Lipinski definition) is 5. The minimum atomic E-state index is -0.614. The van der Waals surface area contributed by atoms with E-state index in [1.807, 2.05) is 25.1 Å². The van der Waals surface area contributed by atoms with Gasteiger partial charge in [-0.15, -0.1) is 11.3 Å². The van der Waals surface area contributed by atoms with Crippen LogP contribution in [0.3, 0.4) is 0 Å². The molecule has 2 aliphatic rings. The summed E-state index contributed by atoms with van der Waals surface area (Å²) in [5.74, 6) is -1.08. The number of thiophene rings is 1. The number of amides is 4. The van der Waals surface area contributed by atoms with Crippen molar-refractivity contribution in [3.8, 4) is 0 Å². The van der Waals surface area contributed by atoms with Crippen molar-refractivity contribution < 1.29 is 19.2 Å². The summed E-state index contributed by atoms with van der Waals surface area (Å²) in [7, 11) is 0. The van der Waals surface area contributed by atoms with Crippen LogP contribution in [-0.4, -0.2) is 34.6 Å². The highest BCUT2D eigenvalue weighted by atomic mass is 35.5. The van der Waals surface area contributed by atoms with Crippen LogP contribution in [0.25, 0.3) is 0 Å². The van der Waals surface area contributed by atoms with E-state index in [-0.39, 0.29) is 30.6 Å². The minimum Gasteiger partial charge on any atom is -0.351 e. The third kappa shape index (κ3) is 4.11. The maximum absolute atomic E-state index is 12.7. The van der Waals surface area contributed by atoms with E-state index in [0.29, 0.717) is 30.1 Å². The molecule has 1 aromatic carbocycles. The van der Waals surface area contributed by atoms with Crippen LogP contribution in [-0.2, 0) is 33.9 Å². The lowest BCUT2D eigenvalue weighted by atomic mass is 10.0. The molecule has 7 nitrogen and oxygen atoms in total. The van der Waals surface area contributed by atoms with Gasteiger partial charge in [-0.05, 0) is 36.6 Å². The van der Waals surface area contributed by atoms with Gasteiger partial charge in [0.25, 0.3) is 5.91 Å². The first-order chi connectivity index (χ1) is 14.3. The Morgan fingerprint density at radius 2 is 2.10 bits per heavy atom. The smallest absolute Gasteiger partial charge is 0.256 e. The van der Waals surface area contributed by atoms with E-state index < -0.39 is 11.9 Å². The van der Waals surface area contributed by atoms with Gasteiger partial charge in [0.2, 0.25) is 17.7 Å². The standard InChI is InChI=1S/C21H20ClN3O4S/c1-11-2-3-12(15(22)6-11)7-19(27)23-9-13-8-14-17(30-13)10-25(21(14)29)16-4-5-18(26)24-20(16)28/h2-3,6,8,16H,4-5,7,9-10H2,1H3,(H,23,27)(H,24,26,28). The van der Waals surface area contributed by atoms with Gasteiger partial charge in [-0.2, -0.15) is 0 Å². The second kappa shape index (κ2) is 8.20. The summed E-state index contributed by atoms with van der Waals surface area (Å²) in [5.41, 5.74) is 2.37. The average Bonchev–Trinajstić information content (AvgIpc) is 3.22. The number of piperidine rings is 1. The monoisotopic (exact) mass is 445 g/mol. The number of hydrogen-bond donors (Lipinski definition) is 2. The van der Waals surface area contributed by atoms with Gasteiger partial charge in [0.05, 0.1) is 25.1 Å². The molecule has 1 aromatic heterocycles. The fourth-order valence-electron chi connectivity index (χ4n) is 3.70. The van der Waals surface area contributed by atoms with Crippen LogP contribution in [0.1, 0.15) is 44.1 Å². The average molecular weight is 446 g/mol. The predicted octanol–water partition coefficient (Wildman–Crippen LogP) is 2.33. The predicted molar refractivity (Wildman–Crippen MR) is 112 cm³/mol. The molecule has 0 spiro atoms. The molecule has 0 aliphatic carbocycles. The number of imide groups is 1. The fourth-order valence-corrected chi connectivity index (χ4v) is 5.10. The Morgan fingerprint density at radius 1 is 1.30 bits per heavy atom. The number of benzene rings is 1. The summed E-state index contributed by atoms with van der Waals surface area (Å²) < 4.78 is 0. The molecule has 0 radical (unpaired) electrons. The van der Waals surface area contributed by atoms with Crippen LogP contribution in [0.5, 0.6) is 0 Å². The first-order valence-electron chi connectivity index (χ1n) is 9.60. The molecular formula is C21H20ClN3O4S. The van der Waals surface area contributed by atoms with Gasteiger partial charge in [0.15, 0.2) is 0 Å². The molecule has 3 heterocycles. The van der Waals surface area contributed by atoms with Gasteiger partial charge in [0, 0.05) is 21.2 Å². The van der Waals surface area contributed by atoms with Gasteiger partial charge in [-0.1, -0.05) is 23.7 Å². The van der Waals surface area contributed by atoms with E-state index in [2.05, 4.69) is 10.6 Å². The van der Waals surface area contributed by atoms with Crippen LogP contribution in [0.4, 0.5) is 0 Å². The highest BCUT2D eigenvalue weighted by molar-refractivity contribution is 7.12. The highest BCUT2D eigenvalue weighted by Crippen LogP contribution is 2.33. The zero-order chi connectivity index (χ0) is 21.4. The van der Waals surface area contributed by atoms with E-state index in [1.54, 1.807) is 6.07 Å². The zero-order valence-corrected chi connectivity index (χ0v) is 17.9. The fraction of sp³-hybridized carbons (Fsp3) is 0.333. The lowest BCUT2D eigenvalue weighted by molar-refractivity contribution is -0.137. The van der Waals surface area contributed by atoms with Gasteiger partial charge in [0.1, 0.15) is 6.04 Å². The Kier molecular flexibility index (Phi) is 5.62. The van der Waals surface area contributed by atoms with Crippen LogP contribution in [0.15, 0.2) is 24.3 Å². The van der Waals surface area contributed by atoms with Crippen LogP contribution >= 0.6 is 22.9 Å². The molecule has 0 bridgehead atoms. The molecule has 156 valence electrons. The maximum atomic E-state index is 12.7. The SMILES string of the molecule is Cc1ccc(CC(=O)NCc2cc3c(s2)CN(C2CCC(=O)NC2=O)C3=O)c(Cl)c1. The molecule has 1 fully saturated rings. The van der Waals surface area contributed by atoms with E-state index in [1.165, 1.54) is 16.2 Å². The summed E-state index contributed by atoms with van der Waals surface area (Å²) in [5, 5.41) is 5.73. The Hall–Kier alpha value is -2.71. The Labute approximate surface area is 182 Å². The third-order valence-electron chi connectivity index (χ3n) is 5.27.